The molecule has 2 aromatic rings. The second-order valence-corrected chi connectivity index (χ2v) is 4.55. The van der Waals surface area contributed by atoms with Gasteiger partial charge in [0.15, 0.2) is 5.82 Å². The summed E-state index contributed by atoms with van der Waals surface area (Å²) in [5.74, 6) is 1.48. The van der Waals surface area contributed by atoms with E-state index in [9.17, 15) is 0 Å². The summed E-state index contributed by atoms with van der Waals surface area (Å²) in [4.78, 5) is 10.8. The Kier molecular flexibility index (Phi) is 4.15. The largest absolute Gasteiger partial charge is 0.357 e. The summed E-state index contributed by atoms with van der Waals surface area (Å²) in [5, 5.41) is 2.96. The fourth-order valence-corrected chi connectivity index (χ4v) is 2.14. The minimum atomic E-state index is 0.614. The van der Waals surface area contributed by atoms with Crippen molar-refractivity contribution < 1.29 is 0 Å². The third-order valence-electron chi connectivity index (χ3n) is 2.59. The van der Waals surface area contributed by atoms with Crippen molar-refractivity contribution in [3.63, 3.8) is 0 Å². The molecule has 4 nitrogen and oxygen atoms in total. The topological polar surface area (TPSA) is 41.1 Å². The molecule has 0 radical (unpaired) electrons. The van der Waals surface area contributed by atoms with Crippen molar-refractivity contribution in [2.75, 3.05) is 23.8 Å². The van der Waals surface area contributed by atoms with Gasteiger partial charge in [0.25, 0.3) is 0 Å². The standard InChI is InChI=1S/C13H15BrN4/c1-3-18(10-7-5-4-6-8-10)12-11(14)9-16-13(15-2)17-12/h4-9H,3H2,1-2H3,(H,15,16,17). The Morgan fingerprint density at radius 2 is 2.00 bits per heavy atom. The van der Waals surface area contributed by atoms with E-state index in [1.54, 1.807) is 6.20 Å². The molecule has 0 aliphatic carbocycles. The molecule has 0 bridgehead atoms. The molecule has 0 aliphatic rings. The number of aromatic nitrogens is 2. The van der Waals surface area contributed by atoms with E-state index in [1.165, 1.54) is 0 Å². The van der Waals surface area contributed by atoms with Crippen molar-refractivity contribution in [3.05, 3.63) is 41.0 Å². The minimum absolute atomic E-state index is 0.614. The zero-order valence-electron chi connectivity index (χ0n) is 10.4. The van der Waals surface area contributed by atoms with Crippen LogP contribution in [0.15, 0.2) is 41.0 Å². The van der Waals surface area contributed by atoms with Crippen molar-refractivity contribution in [2.24, 2.45) is 0 Å². The Morgan fingerprint density at radius 1 is 1.28 bits per heavy atom. The fourth-order valence-electron chi connectivity index (χ4n) is 1.73. The van der Waals surface area contributed by atoms with Crippen molar-refractivity contribution in [3.8, 4) is 0 Å². The molecule has 1 aromatic carbocycles. The molecule has 0 unspecified atom stereocenters. The molecule has 94 valence electrons. The van der Waals surface area contributed by atoms with Gasteiger partial charge in [0, 0.05) is 25.5 Å². The quantitative estimate of drug-likeness (QED) is 0.939. The molecule has 0 aliphatic heterocycles. The Hall–Kier alpha value is -1.62. The van der Waals surface area contributed by atoms with Crippen molar-refractivity contribution in [1.29, 1.82) is 0 Å². The lowest BCUT2D eigenvalue weighted by atomic mass is 10.3. The second-order valence-electron chi connectivity index (χ2n) is 3.69. The molecule has 1 aromatic heterocycles. The lowest BCUT2D eigenvalue weighted by Gasteiger charge is -2.23. The highest BCUT2D eigenvalue weighted by Gasteiger charge is 2.13. The maximum absolute atomic E-state index is 4.50. The lowest BCUT2D eigenvalue weighted by Crippen LogP contribution is -2.18. The molecule has 0 spiro atoms. The number of nitrogens with one attached hydrogen (secondary N) is 1. The highest BCUT2D eigenvalue weighted by molar-refractivity contribution is 9.10. The molecular formula is C13H15BrN4. The van der Waals surface area contributed by atoms with E-state index in [0.29, 0.717) is 5.95 Å². The maximum Gasteiger partial charge on any atom is 0.224 e. The van der Waals surface area contributed by atoms with Crippen LogP contribution >= 0.6 is 15.9 Å². The molecular weight excluding hydrogens is 292 g/mol. The van der Waals surface area contributed by atoms with Gasteiger partial charge in [-0.15, -0.1) is 0 Å². The van der Waals surface area contributed by atoms with Crippen LogP contribution in [0.5, 0.6) is 0 Å². The van der Waals surface area contributed by atoms with Gasteiger partial charge in [-0.25, -0.2) is 4.98 Å². The number of rotatable bonds is 4. The number of halogens is 1. The number of para-hydroxylation sites is 1. The van der Waals surface area contributed by atoms with Gasteiger partial charge < -0.3 is 10.2 Å². The summed E-state index contributed by atoms with van der Waals surface area (Å²) in [6, 6.07) is 10.2. The Balaban J connectivity index is 2.44. The van der Waals surface area contributed by atoms with E-state index in [4.69, 9.17) is 0 Å². The first-order chi connectivity index (χ1) is 8.76. The van der Waals surface area contributed by atoms with E-state index >= 15 is 0 Å². The Bertz CT molecular complexity index is 516. The predicted molar refractivity (Wildman–Crippen MR) is 78.4 cm³/mol. The van der Waals surface area contributed by atoms with Crippen LogP contribution in [-0.4, -0.2) is 23.6 Å². The van der Waals surface area contributed by atoms with Crippen molar-refractivity contribution in [2.45, 2.75) is 6.92 Å². The SMILES string of the molecule is CCN(c1ccccc1)c1nc(NC)ncc1Br. The average molecular weight is 307 g/mol. The summed E-state index contributed by atoms with van der Waals surface area (Å²) < 4.78 is 0.882. The molecule has 0 amide bonds. The fraction of sp³-hybridized carbons (Fsp3) is 0.231. The summed E-state index contributed by atoms with van der Waals surface area (Å²) in [7, 11) is 1.81. The van der Waals surface area contributed by atoms with Crippen LogP contribution in [0.1, 0.15) is 6.92 Å². The molecule has 5 heteroatoms. The van der Waals surface area contributed by atoms with E-state index in [1.807, 2.05) is 25.2 Å². The van der Waals surface area contributed by atoms with Gasteiger partial charge in [0.1, 0.15) is 0 Å². The molecule has 1 heterocycles. The number of hydrogen-bond donors (Lipinski definition) is 1. The highest BCUT2D eigenvalue weighted by atomic mass is 79.9. The highest BCUT2D eigenvalue weighted by Crippen LogP contribution is 2.30. The van der Waals surface area contributed by atoms with Gasteiger partial charge in [0.05, 0.1) is 4.47 Å². The average Bonchev–Trinajstić information content (AvgIpc) is 2.43. The van der Waals surface area contributed by atoms with E-state index < -0.39 is 0 Å². The third kappa shape index (κ3) is 2.61. The smallest absolute Gasteiger partial charge is 0.224 e. The molecule has 0 atom stereocenters. The first-order valence-corrected chi connectivity index (χ1v) is 6.58. The normalized spacial score (nSPS) is 10.2. The van der Waals surface area contributed by atoms with Crippen LogP contribution < -0.4 is 10.2 Å². The number of nitrogens with zero attached hydrogens (tertiary/aromatic N) is 3. The van der Waals surface area contributed by atoms with E-state index in [-0.39, 0.29) is 0 Å². The number of benzene rings is 1. The predicted octanol–water partition coefficient (Wildman–Crippen LogP) is 3.44. The number of anilines is 3. The minimum Gasteiger partial charge on any atom is -0.357 e. The van der Waals surface area contributed by atoms with Gasteiger partial charge in [-0.2, -0.15) is 4.98 Å². The number of hydrogen-bond acceptors (Lipinski definition) is 4. The van der Waals surface area contributed by atoms with Crippen LogP contribution in [0.4, 0.5) is 17.5 Å². The first kappa shape index (κ1) is 12.8. The molecule has 0 saturated heterocycles. The van der Waals surface area contributed by atoms with E-state index in [0.717, 1.165) is 22.5 Å². The third-order valence-corrected chi connectivity index (χ3v) is 3.15. The van der Waals surface area contributed by atoms with Crippen LogP contribution in [0.3, 0.4) is 0 Å². The molecule has 2 rings (SSSR count). The van der Waals surface area contributed by atoms with Gasteiger partial charge in [-0.05, 0) is 35.0 Å². The van der Waals surface area contributed by atoms with Crippen LogP contribution in [0.2, 0.25) is 0 Å². The van der Waals surface area contributed by atoms with Crippen molar-refractivity contribution in [1.82, 2.24) is 9.97 Å². The molecule has 18 heavy (non-hydrogen) atoms. The van der Waals surface area contributed by atoms with Crippen LogP contribution in [0, 0.1) is 0 Å². The Morgan fingerprint density at radius 3 is 2.61 bits per heavy atom. The summed E-state index contributed by atoms with van der Waals surface area (Å²) >= 11 is 3.50. The summed E-state index contributed by atoms with van der Waals surface area (Å²) in [6.07, 6.45) is 1.76. The van der Waals surface area contributed by atoms with Gasteiger partial charge in [-0.1, -0.05) is 18.2 Å². The van der Waals surface area contributed by atoms with Gasteiger partial charge in [0.2, 0.25) is 5.95 Å². The van der Waals surface area contributed by atoms with Gasteiger partial charge in [-0.3, -0.25) is 0 Å². The lowest BCUT2D eigenvalue weighted by molar-refractivity contribution is 0.970. The molecule has 0 fully saturated rings. The second kappa shape index (κ2) is 5.82. The monoisotopic (exact) mass is 306 g/mol. The van der Waals surface area contributed by atoms with E-state index in [2.05, 4.69) is 55.2 Å². The Labute approximate surface area is 115 Å². The van der Waals surface area contributed by atoms with Crippen LogP contribution in [0.25, 0.3) is 0 Å². The zero-order valence-corrected chi connectivity index (χ0v) is 12.0. The summed E-state index contributed by atoms with van der Waals surface area (Å²) in [6.45, 7) is 2.93. The van der Waals surface area contributed by atoms with Crippen molar-refractivity contribution >= 4 is 33.4 Å². The summed E-state index contributed by atoms with van der Waals surface area (Å²) in [5.41, 5.74) is 1.11. The molecule has 0 saturated carbocycles. The van der Waals surface area contributed by atoms with Crippen LogP contribution in [-0.2, 0) is 0 Å². The maximum atomic E-state index is 4.50. The zero-order chi connectivity index (χ0) is 13.0. The first-order valence-electron chi connectivity index (χ1n) is 5.79. The molecule has 1 N–H and O–H groups in total. The van der Waals surface area contributed by atoms with Gasteiger partial charge >= 0.3 is 0 Å².